The molecule has 1 saturated heterocycles. The van der Waals surface area contributed by atoms with Gasteiger partial charge in [0.05, 0.1) is 31.4 Å². The van der Waals surface area contributed by atoms with E-state index in [0.29, 0.717) is 22.7 Å². The highest BCUT2D eigenvalue weighted by atomic mass is 32.1. The number of ether oxygens (including phenoxy) is 2. The van der Waals surface area contributed by atoms with Crippen LogP contribution < -0.4 is 10.5 Å². The van der Waals surface area contributed by atoms with E-state index >= 15 is 0 Å². The number of hydrogen-bond donors (Lipinski definition) is 1. The number of thiophene rings is 1. The van der Waals surface area contributed by atoms with Gasteiger partial charge in [0.15, 0.2) is 5.82 Å². The fourth-order valence-corrected chi connectivity index (χ4v) is 6.52. The van der Waals surface area contributed by atoms with Gasteiger partial charge in [0.25, 0.3) is 5.91 Å². The molecule has 4 heterocycles. The Hall–Kier alpha value is -3.60. The number of imidazole rings is 1. The molecule has 11 heteroatoms. The molecule has 9 nitrogen and oxygen atoms in total. The zero-order valence-corrected chi connectivity index (χ0v) is 22.4. The summed E-state index contributed by atoms with van der Waals surface area (Å²) < 4.78 is 29.5. The summed E-state index contributed by atoms with van der Waals surface area (Å²) in [7, 11) is 3.51. The molecule has 6 rings (SSSR count). The van der Waals surface area contributed by atoms with Crippen LogP contribution in [0.2, 0.25) is 0 Å². The lowest BCUT2D eigenvalue weighted by atomic mass is 10.0. The van der Waals surface area contributed by atoms with E-state index in [0.717, 1.165) is 23.6 Å². The third-order valence-corrected chi connectivity index (χ3v) is 8.48. The van der Waals surface area contributed by atoms with Crippen molar-refractivity contribution in [2.24, 2.45) is 18.7 Å². The van der Waals surface area contributed by atoms with Crippen molar-refractivity contribution in [3.63, 3.8) is 0 Å². The summed E-state index contributed by atoms with van der Waals surface area (Å²) >= 11 is 1.79. The SMILES string of the molecule is COc1cc(C(=O)N2C[C@H](F)C[C@@H](OC(N)=O)C2)cc2nc(-c3cc4cc(C)sc4n3CC3CC3)n(C)c12. The first kappa shape index (κ1) is 24.7. The molecule has 1 saturated carbocycles. The van der Waals surface area contributed by atoms with E-state index in [1.807, 2.05) is 11.6 Å². The number of fused-ring (bicyclic) bond motifs is 2. The maximum absolute atomic E-state index is 14.4. The minimum Gasteiger partial charge on any atom is -0.494 e. The number of amides is 2. The molecule has 1 aliphatic heterocycles. The Morgan fingerprint density at radius 1 is 1.21 bits per heavy atom. The molecule has 2 aliphatic rings. The molecule has 2 fully saturated rings. The summed E-state index contributed by atoms with van der Waals surface area (Å²) in [6, 6.07) is 7.77. The number of benzene rings is 1. The molecule has 3 aromatic heterocycles. The molecule has 2 amide bonds. The predicted octanol–water partition coefficient (Wildman–Crippen LogP) is 4.63. The van der Waals surface area contributed by atoms with Gasteiger partial charge in [-0.05, 0) is 49.9 Å². The summed E-state index contributed by atoms with van der Waals surface area (Å²) in [6.45, 7) is 3.06. The molecule has 0 spiro atoms. The van der Waals surface area contributed by atoms with Crippen LogP contribution in [0.25, 0.3) is 32.8 Å². The van der Waals surface area contributed by atoms with Gasteiger partial charge in [-0.2, -0.15) is 0 Å². The highest BCUT2D eigenvalue weighted by Gasteiger charge is 2.33. The summed E-state index contributed by atoms with van der Waals surface area (Å²) in [5, 5.41) is 1.21. The number of piperidine rings is 1. The largest absolute Gasteiger partial charge is 0.494 e. The molecule has 2 N–H and O–H groups in total. The van der Waals surface area contributed by atoms with Crippen LogP contribution in [0.4, 0.5) is 9.18 Å². The van der Waals surface area contributed by atoms with Crippen LogP contribution in [-0.4, -0.2) is 63.5 Å². The number of methoxy groups -OCH3 is 1. The van der Waals surface area contributed by atoms with Crippen LogP contribution in [0.3, 0.4) is 0 Å². The Morgan fingerprint density at radius 3 is 2.71 bits per heavy atom. The Balaban J connectivity index is 1.40. The molecule has 38 heavy (non-hydrogen) atoms. The predicted molar refractivity (Wildman–Crippen MR) is 143 cm³/mol. The lowest BCUT2D eigenvalue weighted by Gasteiger charge is -2.34. The van der Waals surface area contributed by atoms with E-state index in [2.05, 4.69) is 23.6 Å². The van der Waals surface area contributed by atoms with Gasteiger partial charge in [-0.1, -0.05) is 0 Å². The number of aryl methyl sites for hydroxylation is 2. The van der Waals surface area contributed by atoms with Crippen LogP contribution in [-0.2, 0) is 18.3 Å². The molecule has 1 aliphatic carbocycles. The number of carbonyl (C=O) groups excluding carboxylic acids is 2. The van der Waals surface area contributed by atoms with Crippen molar-refractivity contribution in [3.05, 3.63) is 34.7 Å². The van der Waals surface area contributed by atoms with Gasteiger partial charge in [-0.15, -0.1) is 11.3 Å². The molecule has 0 bridgehead atoms. The third-order valence-electron chi connectivity index (χ3n) is 7.39. The lowest BCUT2D eigenvalue weighted by molar-refractivity contribution is 0.0133. The second-order valence-corrected chi connectivity index (χ2v) is 11.6. The number of nitrogens with two attached hydrogens (primary N) is 1. The van der Waals surface area contributed by atoms with Crippen LogP contribution >= 0.6 is 11.3 Å². The number of nitrogens with zero attached hydrogens (tertiary/aromatic N) is 4. The highest BCUT2D eigenvalue weighted by Crippen LogP contribution is 2.40. The van der Waals surface area contributed by atoms with Crippen molar-refractivity contribution >= 4 is 44.6 Å². The van der Waals surface area contributed by atoms with E-state index in [1.165, 1.54) is 32.8 Å². The topological polar surface area (TPSA) is 105 Å². The molecule has 0 unspecified atom stereocenters. The number of primary amides is 1. The molecule has 2 atom stereocenters. The summed E-state index contributed by atoms with van der Waals surface area (Å²) in [5.74, 6) is 1.60. The Morgan fingerprint density at radius 2 is 2.00 bits per heavy atom. The van der Waals surface area contributed by atoms with Crippen molar-refractivity contribution < 1.29 is 23.5 Å². The standard InChI is InChI=1S/C27H30FN5O4S/c1-14-6-17-8-21(33(26(17)38-14)11-15-4-5-15)24-30-20-7-16(9-22(36-3)23(20)31(24)2)25(34)32-12-18(28)10-19(13-32)37-27(29)35/h6-9,15,18-19H,4-5,10-13H2,1-3H3,(H2,29,35)/t18-,19-/m1/s1. The Kier molecular flexibility index (Phi) is 6.05. The van der Waals surface area contributed by atoms with E-state index < -0.39 is 18.4 Å². The monoisotopic (exact) mass is 539 g/mol. The van der Waals surface area contributed by atoms with E-state index in [1.54, 1.807) is 30.6 Å². The van der Waals surface area contributed by atoms with Crippen molar-refractivity contribution in [1.82, 2.24) is 19.0 Å². The number of aromatic nitrogens is 3. The van der Waals surface area contributed by atoms with Gasteiger partial charge in [-0.3, -0.25) is 4.79 Å². The number of carbonyl (C=O) groups is 2. The number of likely N-dealkylation sites (tertiary alicyclic amines) is 1. The minimum absolute atomic E-state index is 0.0101. The fourth-order valence-electron chi connectivity index (χ4n) is 5.51. The van der Waals surface area contributed by atoms with Gasteiger partial charge in [0.2, 0.25) is 0 Å². The lowest BCUT2D eigenvalue weighted by Crippen LogP contribution is -2.49. The molecule has 0 radical (unpaired) electrons. The summed E-state index contributed by atoms with van der Waals surface area (Å²) in [5.41, 5.74) is 7.87. The number of alkyl halides is 1. The number of hydrogen-bond acceptors (Lipinski definition) is 6. The van der Waals surface area contributed by atoms with Crippen molar-refractivity contribution in [2.75, 3.05) is 20.2 Å². The second-order valence-electron chi connectivity index (χ2n) is 10.3. The van der Waals surface area contributed by atoms with E-state index in [-0.39, 0.29) is 25.4 Å². The van der Waals surface area contributed by atoms with Crippen LogP contribution in [0.1, 0.15) is 34.5 Å². The average molecular weight is 540 g/mol. The van der Waals surface area contributed by atoms with Crippen LogP contribution in [0, 0.1) is 12.8 Å². The molecule has 200 valence electrons. The summed E-state index contributed by atoms with van der Waals surface area (Å²) in [4.78, 5) is 33.5. The molecular formula is C27H30FN5O4S. The van der Waals surface area contributed by atoms with Gasteiger partial charge in [0, 0.05) is 35.8 Å². The quantitative estimate of drug-likeness (QED) is 0.385. The minimum atomic E-state index is -1.32. The first-order valence-electron chi connectivity index (χ1n) is 12.8. The van der Waals surface area contributed by atoms with Crippen molar-refractivity contribution in [1.29, 1.82) is 0 Å². The molecule has 4 aromatic rings. The molecule has 1 aromatic carbocycles. The third kappa shape index (κ3) is 4.38. The first-order valence-corrected chi connectivity index (χ1v) is 13.6. The first-order chi connectivity index (χ1) is 18.2. The number of rotatable bonds is 6. The Bertz CT molecular complexity index is 1570. The molecular weight excluding hydrogens is 509 g/mol. The second kappa shape index (κ2) is 9.30. The number of halogens is 1. The smallest absolute Gasteiger partial charge is 0.404 e. The fraction of sp³-hybridized carbons (Fsp3) is 0.444. The zero-order chi connectivity index (χ0) is 26.7. The van der Waals surface area contributed by atoms with E-state index in [4.69, 9.17) is 20.2 Å². The van der Waals surface area contributed by atoms with Crippen molar-refractivity contribution in [3.8, 4) is 17.3 Å². The maximum Gasteiger partial charge on any atom is 0.404 e. The highest BCUT2D eigenvalue weighted by molar-refractivity contribution is 7.18. The van der Waals surface area contributed by atoms with E-state index in [9.17, 15) is 14.0 Å². The van der Waals surface area contributed by atoms with Crippen molar-refractivity contribution in [2.45, 2.75) is 45.0 Å². The van der Waals surface area contributed by atoms with Gasteiger partial charge in [-0.25, -0.2) is 14.2 Å². The normalized spacial score (nSPS) is 19.8. The van der Waals surface area contributed by atoms with Crippen LogP contribution in [0.5, 0.6) is 5.75 Å². The summed E-state index contributed by atoms with van der Waals surface area (Å²) in [6.07, 6.45) is -0.595. The van der Waals surface area contributed by atoms with Gasteiger partial charge < -0.3 is 29.2 Å². The zero-order valence-electron chi connectivity index (χ0n) is 21.6. The average Bonchev–Trinajstić information content (AvgIpc) is 3.42. The van der Waals surface area contributed by atoms with Gasteiger partial charge >= 0.3 is 6.09 Å². The maximum atomic E-state index is 14.4. The van der Waals surface area contributed by atoms with Crippen LogP contribution in [0.15, 0.2) is 24.3 Å². The van der Waals surface area contributed by atoms with Gasteiger partial charge in [0.1, 0.15) is 28.4 Å². The Labute approximate surface area is 222 Å².